The quantitative estimate of drug-likeness (QED) is 0.907. The van der Waals surface area contributed by atoms with E-state index < -0.39 is 11.5 Å². The third-order valence-corrected chi connectivity index (χ3v) is 3.77. The van der Waals surface area contributed by atoms with Crippen LogP contribution in [0.2, 0.25) is 0 Å². The van der Waals surface area contributed by atoms with Crippen LogP contribution in [0.1, 0.15) is 32.3 Å². The Hall–Kier alpha value is -1.71. The molecular formula is C15H21NO3. The zero-order chi connectivity index (χ0) is 14.0. The topological polar surface area (TPSA) is 49.8 Å². The van der Waals surface area contributed by atoms with E-state index in [1.165, 1.54) is 5.56 Å². The molecule has 104 valence electrons. The fraction of sp³-hybridized carbons (Fsp3) is 0.533. The lowest BCUT2D eigenvalue weighted by Gasteiger charge is -2.37. The summed E-state index contributed by atoms with van der Waals surface area (Å²) < 4.78 is 5.60. The summed E-state index contributed by atoms with van der Waals surface area (Å²) in [5, 5.41) is 8.99. The largest absolute Gasteiger partial charge is 0.493 e. The van der Waals surface area contributed by atoms with Crippen molar-refractivity contribution in [2.75, 3.05) is 18.6 Å². The highest BCUT2D eigenvalue weighted by molar-refractivity contribution is 5.69. The summed E-state index contributed by atoms with van der Waals surface area (Å²) in [6.45, 7) is 4.67. The van der Waals surface area contributed by atoms with Crippen LogP contribution in [0, 0.1) is 0 Å². The molecule has 0 aliphatic carbocycles. The second-order valence-corrected chi connectivity index (χ2v) is 5.69. The van der Waals surface area contributed by atoms with Gasteiger partial charge in [0.15, 0.2) is 0 Å². The van der Waals surface area contributed by atoms with Gasteiger partial charge in [0.1, 0.15) is 5.75 Å². The molecule has 1 heterocycles. The fourth-order valence-corrected chi connectivity index (χ4v) is 2.39. The molecule has 19 heavy (non-hydrogen) atoms. The van der Waals surface area contributed by atoms with Gasteiger partial charge in [0.25, 0.3) is 0 Å². The van der Waals surface area contributed by atoms with Crippen LogP contribution in [0.3, 0.4) is 0 Å². The Balaban J connectivity index is 2.23. The Bertz CT molecular complexity index is 482. The molecule has 0 spiro atoms. The van der Waals surface area contributed by atoms with Gasteiger partial charge >= 0.3 is 5.97 Å². The van der Waals surface area contributed by atoms with Crippen molar-refractivity contribution >= 4 is 11.7 Å². The number of ether oxygens (including phenoxy) is 1. The molecule has 0 saturated heterocycles. The molecule has 0 atom stereocenters. The predicted molar refractivity (Wildman–Crippen MR) is 75.0 cm³/mol. The molecule has 4 heteroatoms. The Morgan fingerprint density at radius 2 is 2.21 bits per heavy atom. The summed E-state index contributed by atoms with van der Waals surface area (Å²) in [5.41, 5.74) is 1.83. The van der Waals surface area contributed by atoms with Crippen LogP contribution in [0.15, 0.2) is 18.2 Å². The normalized spacial score (nSPS) is 14.5. The minimum absolute atomic E-state index is 0.108. The first kappa shape index (κ1) is 13.7. The molecule has 4 nitrogen and oxygen atoms in total. The minimum Gasteiger partial charge on any atom is -0.493 e. The molecule has 1 aliphatic rings. The molecule has 2 rings (SSSR count). The highest BCUT2D eigenvalue weighted by Crippen LogP contribution is 2.32. The smallest absolute Gasteiger partial charge is 0.305 e. The first-order valence-electron chi connectivity index (χ1n) is 6.61. The van der Waals surface area contributed by atoms with Crippen molar-refractivity contribution in [1.82, 2.24) is 0 Å². The van der Waals surface area contributed by atoms with Gasteiger partial charge in [-0.3, -0.25) is 4.79 Å². The molecule has 0 fully saturated rings. The van der Waals surface area contributed by atoms with Crippen LogP contribution in [-0.4, -0.2) is 30.3 Å². The number of hydrogen-bond acceptors (Lipinski definition) is 3. The molecule has 1 aromatic carbocycles. The monoisotopic (exact) mass is 263 g/mol. The number of aliphatic carboxylic acids is 1. The summed E-state index contributed by atoms with van der Waals surface area (Å²) in [4.78, 5) is 13.0. The number of hydrogen-bond donors (Lipinski definition) is 1. The Morgan fingerprint density at radius 1 is 1.47 bits per heavy atom. The zero-order valence-electron chi connectivity index (χ0n) is 11.8. The number of carbonyl (C=O) groups is 1. The van der Waals surface area contributed by atoms with Gasteiger partial charge in [-0.05, 0) is 50.5 Å². The lowest BCUT2D eigenvalue weighted by atomic mass is 9.97. The summed E-state index contributed by atoms with van der Waals surface area (Å²) in [5.74, 6) is 0.178. The SMILES string of the molecule is CN(c1ccc2c(c1)CCCO2)C(C)(C)CC(=O)O. The van der Waals surface area contributed by atoms with E-state index in [0.29, 0.717) is 0 Å². The highest BCUT2D eigenvalue weighted by atomic mass is 16.5. The Kier molecular flexibility index (Phi) is 3.69. The predicted octanol–water partition coefficient (Wildman–Crippen LogP) is 2.70. The molecule has 0 saturated carbocycles. The molecule has 0 bridgehead atoms. The number of aryl methyl sites for hydroxylation is 1. The van der Waals surface area contributed by atoms with Crippen LogP contribution in [-0.2, 0) is 11.2 Å². The van der Waals surface area contributed by atoms with Crippen molar-refractivity contribution in [3.63, 3.8) is 0 Å². The molecule has 0 amide bonds. The summed E-state index contributed by atoms with van der Waals surface area (Å²) in [6.07, 6.45) is 2.17. The van der Waals surface area contributed by atoms with E-state index in [1.54, 1.807) is 0 Å². The molecule has 1 aliphatic heterocycles. The zero-order valence-corrected chi connectivity index (χ0v) is 11.8. The lowest BCUT2D eigenvalue weighted by Crippen LogP contribution is -2.43. The van der Waals surface area contributed by atoms with Crippen LogP contribution < -0.4 is 9.64 Å². The van der Waals surface area contributed by atoms with Gasteiger partial charge in [0, 0.05) is 18.3 Å². The number of rotatable bonds is 4. The van der Waals surface area contributed by atoms with Gasteiger partial charge in [0.05, 0.1) is 13.0 Å². The average Bonchev–Trinajstić information content (AvgIpc) is 2.35. The lowest BCUT2D eigenvalue weighted by molar-refractivity contribution is -0.138. The average molecular weight is 263 g/mol. The van der Waals surface area contributed by atoms with Gasteiger partial charge in [0.2, 0.25) is 0 Å². The third-order valence-electron chi connectivity index (χ3n) is 3.77. The minimum atomic E-state index is -0.779. The van der Waals surface area contributed by atoms with Crippen molar-refractivity contribution in [2.24, 2.45) is 0 Å². The van der Waals surface area contributed by atoms with Crippen LogP contribution in [0.5, 0.6) is 5.75 Å². The number of benzene rings is 1. The van der Waals surface area contributed by atoms with Gasteiger partial charge in [-0.25, -0.2) is 0 Å². The molecule has 0 radical (unpaired) electrons. The second kappa shape index (κ2) is 5.11. The van der Waals surface area contributed by atoms with Gasteiger partial charge in [-0.1, -0.05) is 0 Å². The summed E-state index contributed by atoms with van der Waals surface area (Å²) in [7, 11) is 1.94. The maximum Gasteiger partial charge on any atom is 0.305 e. The van der Waals surface area contributed by atoms with Crippen molar-refractivity contribution in [2.45, 2.75) is 38.6 Å². The Morgan fingerprint density at radius 3 is 2.89 bits per heavy atom. The second-order valence-electron chi connectivity index (χ2n) is 5.69. The van der Waals surface area contributed by atoms with E-state index in [2.05, 4.69) is 6.07 Å². The van der Waals surface area contributed by atoms with E-state index in [9.17, 15) is 4.79 Å². The van der Waals surface area contributed by atoms with Gasteiger partial charge in [-0.15, -0.1) is 0 Å². The fourth-order valence-electron chi connectivity index (χ4n) is 2.39. The maximum atomic E-state index is 10.9. The van der Waals surface area contributed by atoms with Crippen molar-refractivity contribution < 1.29 is 14.6 Å². The third kappa shape index (κ3) is 3.00. The first-order valence-corrected chi connectivity index (χ1v) is 6.61. The van der Waals surface area contributed by atoms with Crippen molar-refractivity contribution in [1.29, 1.82) is 0 Å². The van der Waals surface area contributed by atoms with E-state index >= 15 is 0 Å². The number of carboxylic acid groups (broad SMARTS) is 1. The van der Waals surface area contributed by atoms with E-state index in [1.807, 2.05) is 37.9 Å². The summed E-state index contributed by atoms with van der Waals surface area (Å²) in [6, 6.07) is 6.09. The van der Waals surface area contributed by atoms with Crippen LogP contribution in [0.4, 0.5) is 5.69 Å². The van der Waals surface area contributed by atoms with Gasteiger partial charge < -0.3 is 14.7 Å². The number of nitrogens with zero attached hydrogens (tertiary/aromatic N) is 1. The van der Waals surface area contributed by atoms with Crippen LogP contribution >= 0.6 is 0 Å². The Labute approximate surface area is 114 Å². The molecular weight excluding hydrogens is 242 g/mol. The first-order chi connectivity index (χ1) is 8.90. The van der Waals surface area contributed by atoms with Crippen LogP contribution in [0.25, 0.3) is 0 Å². The molecule has 1 N–H and O–H groups in total. The maximum absolute atomic E-state index is 10.9. The summed E-state index contributed by atoms with van der Waals surface area (Å²) >= 11 is 0. The van der Waals surface area contributed by atoms with Gasteiger partial charge in [-0.2, -0.15) is 0 Å². The number of carboxylic acids is 1. The number of anilines is 1. The van der Waals surface area contributed by atoms with E-state index in [0.717, 1.165) is 30.9 Å². The standard InChI is InChI=1S/C15H21NO3/c1-15(2,10-14(17)18)16(3)12-6-7-13-11(9-12)5-4-8-19-13/h6-7,9H,4-5,8,10H2,1-3H3,(H,17,18). The van der Waals surface area contributed by atoms with E-state index in [-0.39, 0.29) is 6.42 Å². The highest BCUT2D eigenvalue weighted by Gasteiger charge is 2.27. The molecule has 0 aromatic heterocycles. The number of fused-ring (bicyclic) bond motifs is 1. The van der Waals surface area contributed by atoms with Crippen molar-refractivity contribution in [3.05, 3.63) is 23.8 Å². The van der Waals surface area contributed by atoms with Crippen molar-refractivity contribution in [3.8, 4) is 5.75 Å². The van der Waals surface area contributed by atoms with E-state index in [4.69, 9.17) is 9.84 Å². The molecule has 0 unspecified atom stereocenters. The molecule has 1 aromatic rings.